The SMILES string of the molecule is COc1c(F)cccc1/C=N/O. The smallest absolute Gasteiger partial charge is 0.165 e. The van der Waals surface area contributed by atoms with Gasteiger partial charge in [-0.3, -0.25) is 0 Å². The van der Waals surface area contributed by atoms with Crippen molar-refractivity contribution in [2.45, 2.75) is 0 Å². The van der Waals surface area contributed by atoms with E-state index in [1.165, 1.54) is 19.2 Å². The highest BCUT2D eigenvalue weighted by Gasteiger charge is 2.05. The van der Waals surface area contributed by atoms with Crippen LogP contribution in [0.15, 0.2) is 23.4 Å². The molecule has 3 nitrogen and oxygen atoms in total. The summed E-state index contributed by atoms with van der Waals surface area (Å²) in [5.41, 5.74) is 0.403. The summed E-state index contributed by atoms with van der Waals surface area (Å²) in [4.78, 5) is 0. The Morgan fingerprint density at radius 2 is 2.33 bits per heavy atom. The van der Waals surface area contributed by atoms with Crippen LogP contribution < -0.4 is 4.74 Å². The topological polar surface area (TPSA) is 41.8 Å². The molecule has 1 aromatic rings. The van der Waals surface area contributed by atoms with Crippen LogP contribution in [0.2, 0.25) is 0 Å². The highest BCUT2D eigenvalue weighted by atomic mass is 19.1. The molecule has 0 saturated carbocycles. The molecule has 1 rings (SSSR count). The normalized spacial score (nSPS) is 10.5. The van der Waals surface area contributed by atoms with Gasteiger partial charge in [0.1, 0.15) is 0 Å². The maximum Gasteiger partial charge on any atom is 0.165 e. The van der Waals surface area contributed by atoms with E-state index in [2.05, 4.69) is 5.16 Å². The first kappa shape index (κ1) is 8.52. The average molecular weight is 169 g/mol. The van der Waals surface area contributed by atoms with Gasteiger partial charge in [-0.05, 0) is 12.1 Å². The summed E-state index contributed by atoms with van der Waals surface area (Å²) < 4.78 is 17.7. The van der Waals surface area contributed by atoms with Gasteiger partial charge < -0.3 is 9.94 Å². The molecule has 1 N–H and O–H groups in total. The number of para-hydroxylation sites is 1. The first-order chi connectivity index (χ1) is 5.79. The molecule has 0 aliphatic carbocycles. The first-order valence-electron chi connectivity index (χ1n) is 3.29. The fraction of sp³-hybridized carbons (Fsp3) is 0.125. The van der Waals surface area contributed by atoms with Crippen molar-refractivity contribution in [3.63, 3.8) is 0 Å². The minimum absolute atomic E-state index is 0.0790. The third-order valence-corrected chi connectivity index (χ3v) is 1.40. The maximum absolute atomic E-state index is 12.9. The van der Waals surface area contributed by atoms with Crippen LogP contribution in [-0.4, -0.2) is 18.5 Å². The molecule has 4 heteroatoms. The summed E-state index contributed by atoms with van der Waals surface area (Å²) in [5.74, 6) is -0.398. The van der Waals surface area contributed by atoms with Crippen molar-refractivity contribution in [1.29, 1.82) is 0 Å². The van der Waals surface area contributed by atoms with Gasteiger partial charge in [0.05, 0.1) is 13.3 Å². The lowest BCUT2D eigenvalue weighted by Crippen LogP contribution is -1.93. The molecule has 0 aliphatic rings. The zero-order chi connectivity index (χ0) is 8.97. The fourth-order valence-electron chi connectivity index (χ4n) is 0.905. The molecule has 0 bridgehead atoms. The molecule has 0 saturated heterocycles. The Kier molecular flexibility index (Phi) is 2.63. The van der Waals surface area contributed by atoms with Crippen LogP contribution in [-0.2, 0) is 0 Å². The van der Waals surface area contributed by atoms with Gasteiger partial charge in [-0.2, -0.15) is 0 Å². The minimum Gasteiger partial charge on any atom is -0.493 e. The number of ether oxygens (including phenoxy) is 1. The largest absolute Gasteiger partial charge is 0.493 e. The van der Waals surface area contributed by atoms with Crippen LogP contribution in [0, 0.1) is 5.82 Å². The van der Waals surface area contributed by atoms with Gasteiger partial charge in [0.15, 0.2) is 11.6 Å². The molecule has 0 heterocycles. The van der Waals surface area contributed by atoms with Crippen molar-refractivity contribution >= 4 is 6.21 Å². The Morgan fingerprint density at radius 1 is 1.58 bits per heavy atom. The fourth-order valence-corrected chi connectivity index (χ4v) is 0.905. The van der Waals surface area contributed by atoms with E-state index >= 15 is 0 Å². The lowest BCUT2D eigenvalue weighted by atomic mass is 10.2. The molecule has 0 unspecified atom stereocenters. The van der Waals surface area contributed by atoms with Crippen molar-refractivity contribution in [2.24, 2.45) is 5.16 Å². The number of benzene rings is 1. The Bertz CT molecular complexity index is 299. The van der Waals surface area contributed by atoms with Crippen molar-refractivity contribution in [3.05, 3.63) is 29.6 Å². The van der Waals surface area contributed by atoms with Crippen LogP contribution in [0.1, 0.15) is 5.56 Å². The zero-order valence-corrected chi connectivity index (χ0v) is 6.49. The number of rotatable bonds is 2. The summed E-state index contributed by atoms with van der Waals surface area (Å²) in [6.45, 7) is 0. The maximum atomic E-state index is 12.9. The molecule has 0 spiro atoms. The monoisotopic (exact) mass is 169 g/mol. The first-order valence-corrected chi connectivity index (χ1v) is 3.29. The molecule has 0 amide bonds. The van der Waals surface area contributed by atoms with Gasteiger partial charge >= 0.3 is 0 Å². The lowest BCUT2D eigenvalue weighted by Gasteiger charge is -2.03. The van der Waals surface area contributed by atoms with E-state index in [-0.39, 0.29) is 5.75 Å². The van der Waals surface area contributed by atoms with E-state index in [9.17, 15) is 4.39 Å². The number of hydrogen-bond donors (Lipinski definition) is 1. The molecule has 12 heavy (non-hydrogen) atoms. The molecule has 64 valence electrons. The van der Waals surface area contributed by atoms with Crippen molar-refractivity contribution < 1.29 is 14.3 Å². The third kappa shape index (κ3) is 1.53. The van der Waals surface area contributed by atoms with Crippen LogP contribution in [0.25, 0.3) is 0 Å². The van der Waals surface area contributed by atoms with E-state index in [0.29, 0.717) is 5.56 Å². The third-order valence-electron chi connectivity index (χ3n) is 1.40. The molecule has 1 aromatic carbocycles. The summed E-state index contributed by atoms with van der Waals surface area (Å²) >= 11 is 0. The van der Waals surface area contributed by atoms with Gasteiger partial charge in [0.2, 0.25) is 0 Å². The van der Waals surface area contributed by atoms with E-state index in [1.54, 1.807) is 6.07 Å². The zero-order valence-electron chi connectivity index (χ0n) is 6.49. The van der Waals surface area contributed by atoms with E-state index < -0.39 is 5.82 Å². The van der Waals surface area contributed by atoms with Crippen molar-refractivity contribution in [1.82, 2.24) is 0 Å². The quantitative estimate of drug-likeness (QED) is 0.415. The van der Waals surface area contributed by atoms with Gasteiger partial charge in [-0.25, -0.2) is 4.39 Å². The molecular weight excluding hydrogens is 161 g/mol. The molecule has 0 aliphatic heterocycles. The number of hydrogen-bond acceptors (Lipinski definition) is 3. The highest BCUT2D eigenvalue weighted by Crippen LogP contribution is 2.19. The Labute approximate surface area is 69.1 Å². The predicted octanol–water partition coefficient (Wildman–Crippen LogP) is 1.64. The van der Waals surface area contributed by atoms with E-state index in [4.69, 9.17) is 9.94 Å². The Hall–Kier alpha value is -1.58. The number of halogens is 1. The van der Waals surface area contributed by atoms with Gasteiger partial charge in [0, 0.05) is 5.56 Å². The van der Waals surface area contributed by atoms with Gasteiger partial charge in [-0.15, -0.1) is 0 Å². The molecule has 0 atom stereocenters. The molecular formula is C8H8FNO2. The second-order valence-corrected chi connectivity index (χ2v) is 2.11. The van der Waals surface area contributed by atoms with E-state index in [0.717, 1.165) is 6.21 Å². The molecule has 0 fully saturated rings. The summed E-state index contributed by atoms with van der Waals surface area (Å²) in [6, 6.07) is 4.37. The minimum atomic E-state index is -0.477. The predicted molar refractivity (Wildman–Crippen MR) is 42.3 cm³/mol. The van der Waals surface area contributed by atoms with Crippen LogP contribution >= 0.6 is 0 Å². The van der Waals surface area contributed by atoms with Crippen LogP contribution in [0.3, 0.4) is 0 Å². The Balaban J connectivity index is 3.18. The Morgan fingerprint density at radius 3 is 2.92 bits per heavy atom. The van der Waals surface area contributed by atoms with Crippen molar-refractivity contribution in [3.8, 4) is 5.75 Å². The standard InChI is InChI=1S/C8H8FNO2/c1-12-8-6(5-10-11)3-2-4-7(8)9/h2-5,11H,1H3/b10-5+. The summed E-state index contributed by atoms with van der Waals surface area (Å²) in [6.07, 6.45) is 1.11. The molecule has 0 radical (unpaired) electrons. The highest BCUT2D eigenvalue weighted by molar-refractivity contribution is 5.83. The molecule has 0 aromatic heterocycles. The second kappa shape index (κ2) is 3.71. The second-order valence-electron chi connectivity index (χ2n) is 2.11. The average Bonchev–Trinajstić information content (AvgIpc) is 2.05. The lowest BCUT2D eigenvalue weighted by molar-refractivity contribution is 0.321. The van der Waals surface area contributed by atoms with Gasteiger partial charge in [-0.1, -0.05) is 11.2 Å². The van der Waals surface area contributed by atoms with Crippen LogP contribution in [0.5, 0.6) is 5.75 Å². The summed E-state index contributed by atoms with van der Waals surface area (Å²) in [5, 5.41) is 11.0. The van der Waals surface area contributed by atoms with Crippen LogP contribution in [0.4, 0.5) is 4.39 Å². The number of oxime groups is 1. The van der Waals surface area contributed by atoms with Gasteiger partial charge in [0.25, 0.3) is 0 Å². The summed E-state index contributed by atoms with van der Waals surface area (Å²) in [7, 11) is 1.35. The number of nitrogens with zero attached hydrogens (tertiary/aromatic N) is 1. The van der Waals surface area contributed by atoms with E-state index in [1.807, 2.05) is 0 Å². The number of methoxy groups -OCH3 is 1. The van der Waals surface area contributed by atoms with Crippen molar-refractivity contribution in [2.75, 3.05) is 7.11 Å².